The van der Waals surface area contributed by atoms with Crippen LogP contribution >= 0.6 is 11.8 Å². The normalized spacial score (nSPS) is 18.0. The van der Waals surface area contributed by atoms with Crippen LogP contribution in [0, 0.1) is 17.5 Å². The molecule has 0 bridgehead atoms. The van der Waals surface area contributed by atoms with Crippen molar-refractivity contribution in [3.05, 3.63) is 53.3 Å². The lowest BCUT2D eigenvalue weighted by atomic mass is 10.2. The van der Waals surface area contributed by atoms with Crippen molar-refractivity contribution in [3.8, 4) is 0 Å². The molecular weight excluding hydrogens is 471 g/mol. The van der Waals surface area contributed by atoms with Crippen LogP contribution in [0.1, 0.15) is 50.1 Å². The molecule has 0 atom stereocenters. The van der Waals surface area contributed by atoms with E-state index in [9.17, 15) is 21.6 Å². The van der Waals surface area contributed by atoms with E-state index in [4.69, 9.17) is 0 Å². The number of halogens is 3. The van der Waals surface area contributed by atoms with Gasteiger partial charge >= 0.3 is 0 Å². The Kier molecular flexibility index (Phi) is 6.17. The van der Waals surface area contributed by atoms with Gasteiger partial charge in [-0.1, -0.05) is 24.6 Å². The summed E-state index contributed by atoms with van der Waals surface area (Å²) in [5.74, 6) is -2.86. The fraction of sp³-hybridized carbons (Fsp3) is 0.435. The molecule has 5 nitrogen and oxygen atoms in total. The molecule has 5 rings (SSSR count). The van der Waals surface area contributed by atoms with E-state index < -0.39 is 27.5 Å². The van der Waals surface area contributed by atoms with Crippen molar-refractivity contribution in [2.75, 3.05) is 13.1 Å². The minimum absolute atomic E-state index is 0.0487. The monoisotopic (exact) mass is 495 g/mol. The number of fused-ring (bicyclic) bond motifs is 1. The molecule has 3 aromatic rings. The number of hydrogen-bond donors (Lipinski definition) is 0. The predicted octanol–water partition coefficient (Wildman–Crippen LogP) is 5.65. The summed E-state index contributed by atoms with van der Waals surface area (Å²) in [6.07, 6.45) is 5.80. The van der Waals surface area contributed by atoms with Crippen LogP contribution in [-0.4, -0.2) is 35.4 Å². The third kappa shape index (κ3) is 4.28. The van der Waals surface area contributed by atoms with Crippen LogP contribution in [-0.2, 0) is 15.8 Å². The van der Waals surface area contributed by atoms with Crippen molar-refractivity contribution in [1.82, 2.24) is 13.9 Å². The van der Waals surface area contributed by atoms with Gasteiger partial charge in [-0.05, 0) is 43.9 Å². The minimum Gasteiger partial charge on any atom is -0.316 e. The number of sulfonamides is 1. The van der Waals surface area contributed by atoms with Gasteiger partial charge in [0.2, 0.25) is 10.0 Å². The van der Waals surface area contributed by atoms with E-state index >= 15 is 0 Å². The molecule has 0 spiro atoms. The largest absolute Gasteiger partial charge is 0.316 e. The summed E-state index contributed by atoms with van der Waals surface area (Å²) in [5.41, 5.74) is 1.15. The summed E-state index contributed by atoms with van der Waals surface area (Å²) in [6, 6.07) is 6.55. The zero-order valence-corrected chi connectivity index (χ0v) is 19.6. The molecule has 1 saturated heterocycles. The van der Waals surface area contributed by atoms with Crippen LogP contribution in [0.5, 0.6) is 0 Å². The predicted molar refractivity (Wildman–Crippen MR) is 121 cm³/mol. The van der Waals surface area contributed by atoms with Crippen LogP contribution < -0.4 is 0 Å². The standard InChI is InChI=1S/C23H24F3N3O2S2/c24-15-11-19(25)18(20(26)12-15)14-32-23-27-21-13-17(33(30,31)28-9-3-4-10-28)7-8-22(21)29(23)16-5-1-2-6-16/h7-8,11-13,16H,1-6,9-10,14H2. The number of hydrogen-bond acceptors (Lipinski definition) is 4. The molecule has 2 heterocycles. The van der Waals surface area contributed by atoms with Crippen LogP contribution in [0.4, 0.5) is 13.2 Å². The van der Waals surface area contributed by atoms with Crippen molar-refractivity contribution in [1.29, 1.82) is 0 Å². The zero-order chi connectivity index (χ0) is 23.2. The van der Waals surface area contributed by atoms with Gasteiger partial charge in [0.1, 0.15) is 17.5 Å². The number of thioether (sulfide) groups is 1. The SMILES string of the molecule is O=S(=O)(c1ccc2c(c1)nc(SCc1c(F)cc(F)cc1F)n2C1CCCC1)N1CCCC1. The maximum absolute atomic E-state index is 14.2. The fourth-order valence-corrected chi connectivity index (χ4v) is 7.39. The van der Waals surface area contributed by atoms with Gasteiger partial charge in [0, 0.05) is 42.6 Å². The van der Waals surface area contributed by atoms with Gasteiger partial charge in [0.05, 0.1) is 15.9 Å². The molecule has 2 aromatic carbocycles. The molecule has 1 aliphatic heterocycles. The third-order valence-corrected chi connectivity index (χ3v) is 9.35. The van der Waals surface area contributed by atoms with Gasteiger partial charge < -0.3 is 4.57 Å². The molecule has 1 aliphatic carbocycles. The Hall–Kier alpha value is -2.04. The van der Waals surface area contributed by atoms with E-state index in [1.807, 2.05) is 0 Å². The van der Waals surface area contributed by atoms with Crippen molar-refractivity contribution < 1.29 is 21.6 Å². The second kappa shape index (κ2) is 8.96. The molecule has 2 fully saturated rings. The molecule has 0 N–H and O–H groups in total. The van der Waals surface area contributed by atoms with Crippen molar-refractivity contribution in [3.63, 3.8) is 0 Å². The Labute approximate surface area is 195 Å². The number of nitrogens with zero attached hydrogens (tertiary/aromatic N) is 3. The maximum Gasteiger partial charge on any atom is 0.243 e. The maximum atomic E-state index is 14.2. The summed E-state index contributed by atoms with van der Waals surface area (Å²) >= 11 is 1.18. The average Bonchev–Trinajstić information content (AvgIpc) is 3.52. The first kappa shape index (κ1) is 22.7. The average molecular weight is 496 g/mol. The van der Waals surface area contributed by atoms with Crippen LogP contribution in [0.15, 0.2) is 40.4 Å². The molecule has 1 aromatic heterocycles. The molecule has 2 aliphatic rings. The minimum atomic E-state index is -3.58. The Balaban J connectivity index is 1.52. The lowest BCUT2D eigenvalue weighted by molar-refractivity contribution is 0.477. The van der Waals surface area contributed by atoms with Gasteiger partial charge in [-0.2, -0.15) is 4.31 Å². The van der Waals surface area contributed by atoms with Crippen molar-refractivity contribution in [2.45, 2.75) is 60.4 Å². The highest BCUT2D eigenvalue weighted by Crippen LogP contribution is 2.38. The lowest BCUT2D eigenvalue weighted by Gasteiger charge is -2.17. The Morgan fingerprint density at radius 2 is 1.64 bits per heavy atom. The van der Waals surface area contributed by atoms with E-state index in [0.717, 1.165) is 44.0 Å². The molecule has 0 unspecified atom stereocenters. The van der Waals surface area contributed by atoms with Gasteiger partial charge in [-0.15, -0.1) is 0 Å². The first-order valence-corrected chi connectivity index (χ1v) is 13.6. The summed E-state index contributed by atoms with van der Waals surface area (Å²) in [7, 11) is -3.58. The van der Waals surface area contributed by atoms with Crippen LogP contribution in [0.3, 0.4) is 0 Å². The van der Waals surface area contributed by atoms with E-state index in [1.54, 1.807) is 18.2 Å². The summed E-state index contributed by atoms with van der Waals surface area (Å²) in [5, 5.41) is 0.579. The molecule has 10 heteroatoms. The summed E-state index contributed by atoms with van der Waals surface area (Å²) < 4.78 is 71.2. The Morgan fingerprint density at radius 3 is 2.30 bits per heavy atom. The number of benzene rings is 2. The highest BCUT2D eigenvalue weighted by molar-refractivity contribution is 7.98. The van der Waals surface area contributed by atoms with Gasteiger partial charge in [-0.25, -0.2) is 26.6 Å². The van der Waals surface area contributed by atoms with Crippen LogP contribution in [0.2, 0.25) is 0 Å². The van der Waals surface area contributed by atoms with Gasteiger partial charge in [0.25, 0.3) is 0 Å². The summed E-state index contributed by atoms with van der Waals surface area (Å²) in [6.45, 7) is 1.04. The molecule has 0 amide bonds. The first-order valence-electron chi connectivity index (χ1n) is 11.1. The highest BCUT2D eigenvalue weighted by Gasteiger charge is 2.29. The number of rotatable bonds is 6. The molecular formula is C23H24F3N3O2S2. The molecule has 176 valence electrons. The fourth-order valence-electron chi connectivity index (χ4n) is 4.76. The van der Waals surface area contributed by atoms with Crippen molar-refractivity contribution >= 4 is 32.8 Å². The molecule has 1 saturated carbocycles. The van der Waals surface area contributed by atoms with Gasteiger partial charge in [-0.3, -0.25) is 0 Å². The highest BCUT2D eigenvalue weighted by atomic mass is 32.2. The van der Waals surface area contributed by atoms with E-state index in [0.29, 0.717) is 35.9 Å². The van der Waals surface area contributed by atoms with Crippen molar-refractivity contribution in [2.24, 2.45) is 0 Å². The smallest absolute Gasteiger partial charge is 0.243 e. The second-order valence-electron chi connectivity index (χ2n) is 8.60. The molecule has 0 radical (unpaired) electrons. The number of aromatic nitrogens is 2. The summed E-state index contributed by atoms with van der Waals surface area (Å²) in [4.78, 5) is 4.88. The zero-order valence-electron chi connectivity index (χ0n) is 17.9. The molecule has 33 heavy (non-hydrogen) atoms. The number of imidazole rings is 1. The topological polar surface area (TPSA) is 55.2 Å². The third-order valence-electron chi connectivity index (χ3n) is 6.47. The van der Waals surface area contributed by atoms with E-state index in [-0.39, 0.29) is 22.3 Å². The quantitative estimate of drug-likeness (QED) is 0.415. The van der Waals surface area contributed by atoms with Gasteiger partial charge in [0.15, 0.2) is 5.16 Å². The van der Waals surface area contributed by atoms with E-state index in [1.165, 1.54) is 16.1 Å². The second-order valence-corrected chi connectivity index (χ2v) is 11.5. The Morgan fingerprint density at radius 1 is 0.970 bits per heavy atom. The first-order chi connectivity index (χ1) is 15.8. The van der Waals surface area contributed by atoms with E-state index in [2.05, 4.69) is 9.55 Å². The lowest BCUT2D eigenvalue weighted by Crippen LogP contribution is -2.27. The Bertz CT molecular complexity index is 1270. The van der Waals surface area contributed by atoms with Crippen LogP contribution in [0.25, 0.3) is 11.0 Å².